The van der Waals surface area contributed by atoms with Crippen LogP contribution in [0, 0.1) is 11.3 Å². The second-order valence-corrected chi connectivity index (χ2v) is 3.25. The van der Waals surface area contributed by atoms with E-state index in [1.165, 1.54) is 16.8 Å². The summed E-state index contributed by atoms with van der Waals surface area (Å²) >= 11 is 3.22. The number of nitrogens with zero attached hydrogens (tertiary/aromatic N) is 3. The number of rotatable bonds is 0. The number of aromatic amines is 1. The van der Waals surface area contributed by atoms with E-state index in [2.05, 4.69) is 26.1 Å². The van der Waals surface area contributed by atoms with Gasteiger partial charge in [0.25, 0.3) is 5.56 Å². The maximum Gasteiger partial charge on any atom is 0.275 e. The molecule has 0 amide bonds. The Morgan fingerprint density at radius 1 is 1.69 bits per heavy atom. The van der Waals surface area contributed by atoms with Crippen molar-refractivity contribution in [2.24, 2.45) is 0 Å². The highest BCUT2D eigenvalue weighted by molar-refractivity contribution is 9.10. The molecule has 0 saturated carbocycles. The molecule has 0 fully saturated rings. The highest BCUT2D eigenvalue weighted by Gasteiger charge is 2.07. The molecule has 0 bridgehead atoms. The van der Waals surface area contributed by atoms with E-state index in [0.29, 0.717) is 10.1 Å². The summed E-state index contributed by atoms with van der Waals surface area (Å²) in [5.74, 6) is 0. The van der Waals surface area contributed by atoms with E-state index in [1.807, 2.05) is 6.07 Å². The summed E-state index contributed by atoms with van der Waals surface area (Å²) in [7, 11) is 0. The molecule has 5 nitrogen and oxygen atoms in total. The number of aromatic nitrogens is 3. The molecule has 0 aliphatic rings. The molecule has 0 aliphatic heterocycles. The van der Waals surface area contributed by atoms with Gasteiger partial charge >= 0.3 is 0 Å². The number of fused-ring (bicyclic) bond motifs is 1. The molecule has 0 radical (unpaired) electrons. The Morgan fingerprint density at radius 3 is 3.15 bits per heavy atom. The van der Waals surface area contributed by atoms with Crippen LogP contribution in [0.15, 0.2) is 21.7 Å². The molecule has 2 aromatic heterocycles. The Morgan fingerprint density at radius 2 is 2.46 bits per heavy atom. The zero-order valence-electron chi connectivity index (χ0n) is 6.28. The smallest absolute Gasteiger partial charge is 0.267 e. The number of pyridine rings is 1. The third-order valence-electron chi connectivity index (χ3n) is 1.65. The third kappa shape index (κ3) is 1.05. The minimum atomic E-state index is -0.366. The average molecular weight is 239 g/mol. The number of hydrogen-bond acceptors (Lipinski definition) is 3. The van der Waals surface area contributed by atoms with Crippen molar-refractivity contribution in [3.05, 3.63) is 32.8 Å². The summed E-state index contributed by atoms with van der Waals surface area (Å²) in [6.45, 7) is 0. The van der Waals surface area contributed by atoms with Crippen molar-refractivity contribution in [2.45, 2.75) is 0 Å². The van der Waals surface area contributed by atoms with Gasteiger partial charge in [0.1, 0.15) is 23.6 Å². The molecule has 0 saturated heterocycles. The van der Waals surface area contributed by atoms with Gasteiger partial charge in [-0.25, -0.2) is 4.40 Å². The molecule has 2 aromatic rings. The maximum atomic E-state index is 11.4. The lowest BCUT2D eigenvalue weighted by atomic mass is 10.3. The summed E-state index contributed by atoms with van der Waals surface area (Å²) in [4.78, 5) is 11.4. The molecule has 64 valence electrons. The first-order valence-electron chi connectivity index (χ1n) is 3.38. The Hall–Kier alpha value is -1.61. The fourth-order valence-electron chi connectivity index (χ4n) is 1.05. The Kier molecular flexibility index (Phi) is 1.67. The molecule has 13 heavy (non-hydrogen) atoms. The van der Waals surface area contributed by atoms with Crippen molar-refractivity contribution in [2.75, 3.05) is 0 Å². The predicted octanol–water partition coefficient (Wildman–Crippen LogP) is 0.657. The summed E-state index contributed by atoms with van der Waals surface area (Å²) in [6.07, 6.45) is 1.34. The van der Waals surface area contributed by atoms with Gasteiger partial charge in [0.05, 0.1) is 4.47 Å². The van der Waals surface area contributed by atoms with E-state index < -0.39 is 0 Å². The van der Waals surface area contributed by atoms with Crippen molar-refractivity contribution in [3.63, 3.8) is 0 Å². The summed E-state index contributed by atoms with van der Waals surface area (Å²) in [5, 5.41) is 15.0. The molecular formula is C7H3BrN4O. The van der Waals surface area contributed by atoms with Gasteiger partial charge in [0.15, 0.2) is 0 Å². The average Bonchev–Trinajstić information content (AvgIpc) is 2.60. The van der Waals surface area contributed by atoms with Gasteiger partial charge in [-0.3, -0.25) is 9.89 Å². The first kappa shape index (κ1) is 8.01. The predicted molar refractivity (Wildman–Crippen MR) is 48.2 cm³/mol. The number of nitriles is 1. The zero-order valence-corrected chi connectivity index (χ0v) is 7.87. The summed E-state index contributed by atoms with van der Waals surface area (Å²) in [6, 6.07) is 3.28. The SMILES string of the molecule is N#Cc1cc(Br)c2[nH]ncn2c1=O. The second-order valence-electron chi connectivity index (χ2n) is 2.40. The molecule has 0 unspecified atom stereocenters. The van der Waals surface area contributed by atoms with E-state index >= 15 is 0 Å². The largest absolute Gasteiger partial charge is 0.275 e. The van der Waals surface area contributed by atoms with Crippen LogP contribution in [-0.4, -0.2) is 14.6 Å². The maximum absolute atomic E-state index is 11.4. The van der Waals surface area contributed by atoms with Crippen LogP contribution in [0.25, 0.3) is 5.65 Å². The van der Waals surface area contributed by atoms with E-state index in [0.717, 1.165) is 0 Å². The van der Waals surface area contributed by atoms with Gasteiger partial charge in [0.2, 0.25) is 0 Å². The van der Waals surface area contributed by atoms with Crippen LogP contribution in [0.4, 0.5) is 0 Å². The monoisotopic (exact) mass is 238 g/mol. The van der Waals surface area contributed by atoms with Gasteiger partial charge in [0, 0.05) is 0 Å². The lowest BCUT2D eigenvalue weighted by Crippen LogP contribution is -2.15. The topological polar surface area (TPSA) is 73.9 Å². The first-order chi connectivity index (χ1) is 6.24. The van der Waals surface area contributed by atoms with Crippen molar-refractivity contribution in [1.82, 2.24) is 14.6 Å². The Labute approximate surface area is 80.7 Å². The molecular weight excluding hydrogens is 236 g/mol. The highest BCUT2D eigenvalue weighted by Crippen LogP contribution is 2.14. The quantitative estimate of drug-likeness (QED) is 0.733. The minimum absolute atomic E-state index is 0.0887. The van der Waals surface area contributed by atoms with Crippen molar-refractivity contribution >= 4 is 21.6 Å². The van der Waals surface area contributed by atoms with E-state index in [4.69, 9.17) is 5.26 Å². The van der Waals surface area contributed by atoms with Crippen molar-refractivity contribution in [3.8, 4) is 6.07 Å². The second kappa shape index (κ2) is 2.71. The zero-order chi connectivity index (χ0) is 9.42. The minimum Gasteiger partial charge on any atom is -0.267 e. The van der Waals surface area contributed by atoms with Crippen LogP contribution < -0.4 is 5.56 Å². The lowest BCUT2D eigenvalue weighted by molar-refractivity contribution is 1.07. The number of halogens is 1. The van der Waals surface area contributed by atoms with Gasteiger partial charge in [-0.15, -0.1) is 0 Å². The normalized spacial score (nSPS) is 10.2. The summed E-state index contributed by atoms with van der Waals surface area (Å²) < 4.78 is 1.92. The molecule has 6 heteroatoms. The van der Waals surface area contributed by atoms with E-state index in [-0.39, 0.29) is 11.1 Å². The van der Waals surface area contributed by atoms with Crippen molar-refractivity contribution < 1.29 is 0 Å². The van der Waals surface area contributed by atoms with Crippen LogP contribution in [0.1, 0.15) is 5.56 Å². The Balaban J connectivity index is 3.05. The van der Waals surface area contributed by atoms with Crippen LogP contribution in [0.2, 0.25) is 0 Å². The molecule has 2 rings (SSSR count). The molecule has 0 atom stereocenters. The van der Waals surface area contributed by atoms with Gasteiger partial charge in [-0.2, -0.15) is 10.4 Å². The molecule has 2 heterocycles. The standard InChI is InChI=1S/C7H3BrN4O/c8-5-1-4(2-9)7(13)12-3-10-11-6(5)12/h1,3,11H. The van der Waals surface area contributed by atoms with Crippen LogP contribution in [0.3, 0.4) is 0 Å². The lowest BCUT2D eigenvalue weighted by Gasteiger charge is -1.94. The van der Waals surface area contributed by atoms with Gasteiger partial charge in [-0.05, 0) is 22.0 Å². The van der Waals surface area contributed by atoms with Crippen LogP contribution in [0.5, 0.6) is 0 Å². The number of H-pyrrole nitrogens is 1. The fraction of sp³-hybridized carbons (Fsp3) is 0. The fourth-order valence-corrected chi connectivity index (χ4v) is 1.56. The first-order valence-corrected chi connectivity index (χ1v) is 4.17. The van der Waals surface area contributed by atoms with E-state index in [9.17, 15) is 4.79 Å². The number of hydrogen-bond donors (Lipinski definition) is 1. The van der Waals surface area contributed by atoms with Crippen molar-refractivity contribution in [1.29, 1.82) is 5.26 Å². The Bertz CT molecular complexity index is 562. The molecule has 0 aliphatic carbocycles. The third-order valence-corrected chi connectivity index (χ3v) is 2.26. The van der Waals surface area contributed by atoms with Crippen LogP contribution >= 0.6 is 15.9 Å². The van der Waals surface area contributed by atoms with E-state index in [1.54, 1.807) is 0 Å². The molecule has 0 aromatic carbocycles. The van der Waals surface area contributed by atoms with Crippen LogP contribution in [-0.2, 0) is 0 Å². The summed E-state index contributed by atoms with van der Waals surface area (Å²) in [5.41, 5.74) is 0.268. The van der Waals surface area contributed by atoms with Gasteiger partial charge < -0.3 is 0 Å². The highest BCUT2D eigenvalue weighted by atomic mass is 79.9. The van der Waals surface area contributed by atoms with Gasteiger partial charge in [-0.1, -0.05) is 0 Å². The number of nitrogens with one attached hydrogen (secondary N) is 1. The molecule has 0 spiro atoms. The molecule has 1 N–H and O–H groups in total.